The molecule has 5 nitrogen and oxygen atoms in total. The van der Waals surface area contributed by atoms with Crippen LogP contribution >= 0.6 is 0 Å². The second-order valence-corrected chi connectivity index (χ2v) is 7.64. The number of aryl methyl sites for hydroxylation is 2. The normalized spacial score (nSPS) is 13.8. The van der Waals surface area contributed by atoms with E-state index in [9.17, 15) is 4.79 Å². The van der Waals surface area contributed by atoms with E-state index in [2.05, 4.69) is 29.3 Å². The minimum Gasteiger partial charge on any atom is -0.492 e. The highest BCUT2D eigenvalue weighted by atomic mass is 16.5. The zero-order chi connectivity index (χ0) is 19.9. The lowest BCUT2D eigenvalue weighted by Crippen LogP contribution is -2.33. The minimum atomic E-state index is -0.00456. The summed E-state index contributed by atoms with van der Waals surface area (Å²) < 4.78 is 5.76. The minimum absolute atomic E-state index is 0.00456. The van der Waals surface area contributed by atoms with Crippen molar-refractivity contribution in [2.75, 3.05) is 50.1 Å². The van der Waals surface area contributed by atoms with Gasteiger partial charge >= 0.3 is 0 Å². The molecular formula is C23H31N3O2. The second-order valence-electron chi connectivity index (χ2n) is 7.64. The van der Waals surface area contributed by atoms with Crippen molar-refractivity contribution < 1.29 is 9.53 Å². The van der Waals surface area contributed by atoms with E-state index in [0.29, 0.717) is 19.7 Å². The maximum atomic E-state index is 12.4. The van der Waals surface area contributed by atoms with Gasteiger partial charge in [0.1, 0.15) is 12.4 Å². The Balaban J connectivity index is 1.44. The molecule has 0 atom stereocenters. The van der Waals surface area contributed by atoms with Gasteiger partial charge in [-0.2, -0.15) is 0 Å². The van der Waals surface area contributed by atoms with Gasteiger partial charge in [-0.05, 0) is 75.2 Å². The van der Waals surface area contributed by atoms with Crippen LogP contribution in [0.3, 0.4) is 0 Å². The number of benzene rings is 2. The first kappa shape index (κ1) is 20.2. The predicted octanol–water partition coefficient (Wildman–Crippen LogP) is 3.85. The number of carbonyl (C=O) groups excluding carboxylic acids is 1. The summed E-state index contributed by atoms with van der Waals surface area (Å²) in [5.41, 5.74) is 4.41. The maximum absolute atomic E-state index is 12.4. The first-order valence-corrected chi connectivity index (χ1v) is 10.0. The molecule has 2 aromatic carbocycles. The van der Waals surface area contributed by atoms with E-state index in [-0.39, 0.29) is 5.91 Å². The third-order valence-electron chi connectivity index (χ3n) is 5.10. The Hall–Kier alpha value is -2.53. The number of carbonyl (C=O) groups is 1. The molecule has 0 unspecified atom stereocenters. The van der Waals surface area contributed by atoms with Gasteiger partial charge in [-0.1, -0.05) is 12.1 Å². The van der Waals surface area contributed by atoms with Crippen LogP contribution in [0.1, 0.15) is 24.0 Å². The van der Waals surface area contributed by atoms with E-state index in [4.69, 9.17) is 4.74 Å². The van der Waals surface area contributed by atoms with Gasteiger partial charge in [-0.3, -0.25) is 9.69 Å². The fourth-order valence-electron chi connectivity index (χ4n) is 3.50. The predicted molar refractivity (Wildman–Crippen MR) is 115 cm³/mol. The second kappa shape index (κ2) is 9.60. The fourth-order valence-corrected chi connectivity index (χ4v) is 3.50. The topological polar surface area (TPSA) is 44.8 Å². The zero-order valence-electron chi connectivity index (χ0n) is 17.2. The van der Waals surface area contributed by atoms with Gasteiger partial charge in [0.2, 0.25) is 5.91 Å². The fraction of sp³-hybridized carbons (Fsp3) is 0.435. The first-order valence-electron chi connectivity index (χ1n) is 10.0. The Bertz CT molecular complexity index is 800. The van der Waals surface area contributed by atoms with Gasteiger partial charge in [-0.15, -0.1) is 0 Å². The molecule has 0 aromatic heterocycles. The quantitative estimate of drug-likeness (QED) is 0.754. The van der Waals surface area contributed by atoms with Gasteiger partial charge in [0, 0.05) is 31.0 Å². The molecule has 150 valence electrons. The molecule has 1 aliphatic rings. The number of hydrogen-bond donors (Lipinski definition) is 1. The third kappa shape index (κ3) is 5.73. The van der Waals surface area contributed by atoms with Crippen molar-refractivity contribution in [3.05, 3.63) is 53.6 Å². The van der Waals surface area contributed by atoms with Crippen molar-refractivity contribution in [2.24, 2.45) is 0 Å². The van der Waals surface area contributed by atoms with E-state index < -0.39 is 0 Å². The van der Waals surface area contributed by atoms with Crippen LogP contribution in [0.5, 0.6) is 5.75 Å². The highest BCUT2D eigenvalue weighted by Gasteiger charge is 2.14. The van der Waals surface area contributed by atoms with Crippen LogP contribution < -0.4 is 15.0 Å². The summed E-state index contributed by atoms with van der Waals surface area (Å²) in [5, 5.41) is 3.03. The Morgan fingerprint density at radius 3 is 2.64 bits per heavy atom. The smallest absolute Gasteiger partial charge is 0.238 e. The highest BCUT2D eigenvalue weighted by Crippen LogP contribution is 2.25. The molecule has 0 bridgehead atoms. The van der Waals surface area contributed by atoms with Crippen molar-refractivity contribution in [2.45, 2.75) is 26.7 Å². The van der Waals surface area contributed by atoms with Crippen LogP contribution in [-0.4, -0.2) is 50.6 Å². The summed E-state index contributed by atoms with van der Waals surface area (Å²) in [5.74, 6) is 0.863. The van der Waals surface area contributed by atoms with Crippen molar-refractivity contribution in [1.82, 2.24) is 4.90 Å². The van der Waals surface area contributed by atoms with Crippen LogP contribution in [0.15, 0.2) is 42.5 Å². The number of ether oxygens (including phenoxy) is 1. The first-order chi connectivity index (χ1) is 13.5. The van der Waals surface area contributed by atoms with Crippen molar-refractivity contribution in [1.29, 1.82) is 0 Å². The molecular weight excluding hydrogens is 350 g/mol. The van der Waals surface area contributed by atoms with Crippen LogP contribution in [-0.2, 0) is 4.79 Å². The molecule has 5 heteroatoms. The molecule has 1 fully saturated rings. The number of nitrogens with zero attached hydrogens (tertiary/aromatic N) is 2. The van der Waals surface area contributed by atoms with Crippen LogP contribution in [0.2, 0.25) is 0 Å². The van der Waals surface area contributed by atoms with Gasteiger partial charge in [0.15, 0.2) is 0 Å². The van der Waals surface area contributed by atoms with Crippen LogP contribution in [0.25, 0.3) is 0 Å². The lowest BCUT2D eigenvalue weighted by Gasteiger charge is -2.20. The molecule has 1 aliphatic heterocycles. The number of hydrogen-bond acceptors (Lipinski definition) is 4. The Morgan fingerprint density at radius 2 is 1.93 bits per heavy atom. The number of anilines is 2. The van der Waals surface area contributed by atoms with E-state index in [0.717, 1.165) is 30.1 Å². The lowest BCUT2D eigenvalue weighted by molar-refractivity contribution is -0.117. The Kier molecular flexibility index (Phi) is 6.93. The molecule has 2 aromatic rings. The van der Waals surface area contributed by atoms with Crippen molar-refractivity contribution >= 4 is 17.3 Å². The molecule has 1 amide bonds. The number of amides is 1. The maximum Gasteiger partial charge on any atom is 0.238 e. The largest absolute Gasteiger partial charge is 0.492 e. The summed E-state index contributed by atoms with van der Waals surface area (Å²) in [4.78, 5) is 16.8. The van der Waals surface area contributed by atoms with Crippen molar-refractivity contribution in [3.8, 4) is 5.75 Å². The van der Waals surface area contributed by atoms with E-state index in [1.807, 2.05) is 49.2 Å². The van der Waals surface area contributed by atoms with E-state index in [1.165, 1.54) is 24.1 Å². The summed E-state index contributed by atoms with van der Waals surface area (Å²) in [6.07, 6.45) is 2.52. The van der Waals surface area contributed by atoms with Gasteiger partial charge in [0.25, 0.3) is 0 Å². The van der Waals surface area contributed by atoms with Gasteiger partial charge in [-0.25, -0.2) is 0 Å². The number of likely N-dealkylation sites (N-methyl/N-ethyl adjacent to an activating group) is 1. The van der Waals surface area contributed by atoms with E-state index in [1.54, 1.807) is 0 Å². The van der Waals surface area contributed by atoms with Gasteiger partial charge in [0.05, 0.1) is 6.54 Å². The third-order valence-corrected chi connectivity index (χ3v) is 5.10. The van der Waals surface area contributed by atoms with E-state index >= 15 is 0 Å². The van der Waals surface area contributed by atoms with Crippen LogP contribution in [0.4, 0.5) is 11.4 Å². The standard InChI is InChI=1S/C23H31N3O2/c1-18-7-6-8-21(15-18)28-14-13-25(3)17-23(27)24-22-10-9-20(16-19(22)2)26-11-4-5-12-26/h6-10,15-16H,4-5,11-14,17H2,1-3H3,(H,24,27). The average molecular weight is 382 g/mol. The molecule has 0 spiro atoms. The molecule has 1 saturated heterocycles. The molecule has 3 rings (SSSR count). The van der Waals surface area contributed by atoms with Crippen LogP contribution in [0, 0.1) is 13.8 Å². The Labute approximate surface area is 168 Å². The van der Waals surface area contributed by atoms with Gasteiger partial charge < -0.3 is 15.0 Å². The zero-order valence-corrected chi connectivity index (χ0v) is 17.2. The summed E-state index contributed by atoms with van der Waals surface area (Å²) in [6, 6.07) is 14.3. The lowest BCUT2D eigenvalue weighted by atomic mass is 10.1. The van der Waals surface area contributed by atoms with Crippen molar-refractivity contribution in [3.63, 3.8) is 0 Å². The number of nitrogens with one attached hydrogen (secondary N) is 1. The monoisotopic (exact) mass is 381 g/mol. The molecule has 0 saturated carbocycles. The molecule has 28 heavy (non-hydrogen) atoms. The summed E-state index contributed by atoms with van der Waals surface area (Å²) in [6.45, 7) is 7.92. The average Bonchev–Trinajstić information content (AvgIpc) is 3.18. The highest BCUT2D eigenvalue weighted by molar-refractivity contribution is 5.93. The number of rotatable bonds is 8. The molecule has 0 radical (unpaired) electrons. The summed E-state index contributed by atoms with van der Waals surface area (Å²) in [7, 11) is 1.93. The SMILES string of the molecule is Cc1cccc(OCCN(C)CC(=O)Nc2ccc(N3CCCC3)cc2C)c1. The molecule has 0 aliphatic carbocycles. The Morgan fingerprint density at radius 1 is 1.14 bits per heavy atom. The molecule has 1 N–H and O–H groups in total. The summed E-state index contributed by atoms with van der Waals surface area (Å²) >= 11 is 0. The molecule has 1 heterocycles.